The molecule has 2 aromatic rings. The summed E-state index contributed by atoms with van der Waals surface area (Å²) >= 11 is 0. The summed E-state index contributed by atoms with van der Waals surface area (Å²) in [5.41, 5.74) is 2.15. The number of nitrogens with zero attached hydrogens (tertiary/aromatic N) is 2. The number of para-hydroxylation sites is 2. The van der Waals surface area contributed by atoms with Crippen molar-refractivity contribution in [2.45, 2.75) is 46.7 Å². The number of ether oxygens (including phenoxy) is 1. The maximum atomic E-state index is 13.7. The third-order valence-corrected chi connectivity index (χ3v) is 6.67. The van der Waals surface area contributed by atoms with Gasteiger partial charge in [-0.1, -0.05) is 62.7 Å². The lowest BCUT2D eigenvalue weighted by Crippen LogP contribution is -2.52. The first-order valence-electron chi connectivity index (χ1n) is 11.7. The normalized spacial score (nSPS) is 12.2. The zero-order chi connectivity index (χ0) is 26.2. The Kier molecular flexibility index (Phi) is 10.1. The molecule has 2 aromatic carbocycles. The molecule has 0 aliphatic rings. The number of amides is 2. The summed E-state index contributed by atoms with van der Waals surface area (Å²) in [6.45, 7) is 7.98. The molecule has 2 rings (SSSR count). The molecular weight excluding hydrogens is 466 g/mol. The Labute approximate surface area is 209 Å². The van der Waals surface area contributed by atoms with Crippen LogP contribution < -0.4 is 14.4 Å². The molecule has 0 radical (unpaired) electrons. The number of carbonyl (C=O) groups excluding carboxylic acids is 2. The molecule has 0 spiro atoms. The molecule has 2 amide bonds. The zero-order valence-corrected chi connectivity index (χ0v) is 22.3. The van der Waals surface area contributed by atoms with Crippen molar-refractivity contribution in [3.05, 3.63) is 59.7 Å². The maximum absolute atomic E-state index is 13.7. The van der Waals surface area contributed by atoms with Crippen LogP contribution in [0, 0.1) is 12.8 Å². The minimum absolute atomic E-state index is 0.178. The Balaban J connectivity index is 2.46. The number of methoxy groups -OCH3 is 1. The van der Waals surface area contributed by atoms with Gasteiger partial charge in [-0.3, -0.25) is 13.9 Å². The molecule has 9 heteroatoms. The standard InChI is InChI=1S/C26H37N3O5S/c1-7-22(26(31)27-16-19(2)3)28(17-21-12-10-11-20(4)15-21)25(30)18-29(35(6,32)33)23-13-8-9-14-24(23)34-5/h8-15,19,22H,7,16-18H2,1-6H3,(H,27,31)/t22-/m1/s1. The predicted molar refractivity (Wildman–Crippen MR) is 139 cm³/mol. The predicted octanol–water partition coefficient (Wildman–Crippen LogP) is 3.35. The molecule has 0 heterocycles. The molecule has 35 heavy (non-hydrogen) atoms. The third kappa shape index (κ3) is 7.99. The highest BCUT2D eigenvalue weighted by Gasteiger charge is 2.32. The highest BCUT2D eigenvalue weighted by molar-refractivity contribution is 7.92. The molecule has 0 bridgehead atoms. The molecule has 8 nitrogen and oxygen atoms in total. The summed E-state index contributed by atoms with van der Waals surface area (Å²) in [5, 5.41) is 2.91. The summed E-state index contributed by atoms with van der Waals surface area (Å²) in [6.07, 6.45) is 1.43. The molecule has 0 aliphatic heterocycles. The fourth-order valence-corrected chi connectivity index (χ4v) is 4.63. The quantitative estimate of drug-likeness (QED) is 0.479. The van der Waals surface area contributed by atoms with E-state index in [1.165, 1.54) is 12.0 Å². The fourth-order valence-electron chi connectivity index (χ4n) is 3.78. The fraction of sp³-hybridized carbons (Fsp3) is 0.462. The van der Waals surface area contributed by atoms with Crippen molar-refractivity contribution < 1.29 is 22.7 Å². The smallest absolute Gasteiger partial charge is 0.244 e. The van der Waals surface area contributed by atoms with E-state index in [1.807, 2.05) is 52.0 Å². The van der Waals surface area contributed by atoms with Crippen LogP contribution in [0.3, 0.4) is 0 Å². The molecular formula is C26H37N3O5S. The summed E-state index contributed by atoms with van der Waals surface area (Å²) in [6, 6.07) is 13.6. The van der Waals surface area contributed by atoms with Crippen molar-refractivity contribution in [3.63, 3.8) is 0 Å². The lowest BCUT2D eigenvalue weighted by atomic mass is 10.1. The maximum Gasteiger partial charge on any atom is 0.244 e. The van der Waals surface area contributed by atoms with E-state index in [2.05, 4.69) is 5.32 Å². The van der Waals surface area contributed by atoms with Gasteiger partial charge in [0.05, 0.1) is 19.1 Å². The zero-order valence-electron chi connectivity index (χ0n) is 21.4. The van der Waals surface area contributed by atoms with Crippen LogP contribution in [0.2, 0.25) is 0 Å². The Morgan fingerprint density at radius 1 is 1.09 bits per heavy atom. The van der Waals surface area contributed by atoms with Gasteiger partial charge in [0.25, 0.3) is 0 Å². The first kappa shape index (κ1) is 28.2. The SMILES string of the molecule is CC[C@H](C(=O)NCC(C)C)N(Cc1cccc(C)c1)C(=O)CN(c1ccccc1OC)S(C)(=O)=O. The van der Waals surface area contributed by atoms with Gasteiger partial charge in [-0.05, 0) is 37.0 Å². The van der Waals surface area contributed by atoms with Crippen molar-refractivity contribution >= 4 is 27.5 Å². The number of benzene rings is 2. The summed E-state index contributed by atoms with van der Waals surface area (Å²) < 4.78 is 31.8. The van der Waals surface area contributed by atoms with E-state index in [1.54, 1.807) is 24.3 Å². The van der Waals surface area contributed by atoms with Gasteiger partial charge in [-0.15, -0.1) is 0 Å². The van der Waals surface area contributed by atoms with Gasteiger partial charge < -0.3 is 15.0 Å². The monoisotopic (exact) mass is 503 g/mol. The summed E-state index contributed by atoms with van der Waals surface area (Å²) in [5.74, 6) is -0.152. The Hall–Kier alpha value is -3.07. The second-order valence-corrected chi connectivity index (χ2v) is 10.9. The lowest BCUT2D eigenvalue weighted by molar-refractivity contribution is -0.140. The van der Waals surface area contributed by atoms with Crippen LogP contribution in [-0.2, 0) is 26.2 Å². The van der Waals surface area contributed by atoms with Gasteiger partial charge >= 0.3 is 0 Å². The van der Waals surface area contributed by atoms with E-state index in [0.717, 1.165) is 21.7 Å². The number of carbonyl (C=O) groups is 2. The average Bonchev–Trinajstić information content (AvgIpc) is 2.80. The van der Waals surface area contributed by atoms with Gasteiger partial charge in [0.15, 0.2) is 0 Å². The van der Waals surface area contributed by atoms with Crippen LogP contribution in [0.25, 0.3) is 0 Å². The van der Waals surface area contributed by atoms with Crippen molar-refractivity contribution in [2.75, 3.05) is 30.8 Å². The Morgan fingerprint density at radius 2 is 1.77 bits per heavy atom. The van der Waals surface area contributed by atoms with Crippen molar-refractivity contribution in [3.8, 4) is 5.75 Å². The summed E-state index contributed by atoms with van der Waals surface area (Å²) in [7, 11) is -2.39. The number of rotatable bonds is 12. The van der Waals surface area contributed by atoms with Crippen LogP contribution in [0.4, 0.5) is 5.69 Å². The molecule has 0 saturated carbocycles. The van der Waals surface area contributed by atoms with Gasteiger partial charge in [-0.2, -0.15) is 0 Å². The lowest BCUT2D eigenvalue weighted by Gasteiger charge is -2.33. The van der Waals surface area contributed by atoms with Gasteiger partial charge in [-0.25, -0.2) is 8.42 Å². The van der Waals surface area contributed by atoms with Gasteiger partial charge in [0.1, 0.15) is 18.3 Å². The van der Waals surface area contributed by atoms with E-state index < -0.39 is 28.5 Å². The Bertz CT molecular complexity index is 1120. The van der Waals surface area contributed by atoms with Gasteiger partial charge in [0, 0.05) is 13.1 Å². The molecule has 0 unspecified atom stereocenters. The first-order chi connectivity index (χ1) is 16.5. The molecule has 0 aromatic heterocycles. The molecule has 0 saturated heterocycles. The average molecular weight is 504 g/mol. The number of nitrogens with one attached hydrogen (secondary N) is 1. The minimum atomic E-state index is -3.83. The highest BCUT2D eigenvalue weighted by Crippen LogP contribution is 2.29. The second-order valence-electron chi connectivity index (χ2n) is 9.02. The summed E-state index contributed by atoms with van der Waals surface area (Å²) in [4.78, 5) is 28.3. The largest absolute Gasteiger partial charge is 0.495 e. The van der Waals surface area contributed by atoms with Gasteiger partial charge in [0.2, 0.25) is 21.8 Å². The molecule has 1 atom stereocenters. The molecule has 1 N–H and O–H groups in total. The highest BCUT2D eigenvalue weighted by atomic mass is 32.2. The third-order valence-electron chi connectivity index (χ3n) is 5.54. The van der Waals surface area contributed by atoms with Crippen LogP contribution in [0.1, 0.15) is 38.3 Å². The van der Waals surface area contributed by atoms with Crippen LogP contribution in [0.5, 0.6) is 5.75 Å². The van der Waals surface area contributed by atoms with Crippen molar-refractivity contribution in [2.24, 2.45) is 5.92 Å². The topological polar surface area (TPSA) is 96.0 Å². The van der Waals surface area contributed by atoms with E-state index in [0.29, 0.717) is 18.7 Å². The number of anilines is 1. The number of hydrogen-bond donors (Lipinski definition) is 1. The Morgan fingerprint density at radius 3 is 2.34 bits per heavy atom. The minimum Gasteiger partial charge on any atom is -0.495 e. The van der Waals surface area contributed by atoms with Crippen LogP contribution in [0.15, 0.2) is 48.5 Å². The number of sulfonamides is 1. The van der Waals surface area contributed by atoms with E-state index in [9.17, 15) is 18.0 Å². The van der Waals surface area contributed by atoms with Crippen molar-refractivity contribution in [1.82, 2.24) is 10.2 Å². The van der Waals surface area contributed by atoms with E-state index in [4.69, 9.17) is 4.74 Å². The van der Waals surface area contributed by atoms with Crippen molar-refractivity contribution in [1.29, 1.82) is 0 Å². The molecule has 0 fully saturated rings. The second kappa shape index (κ2) is 12.6. The van der Waals surface area contributed by atoms with Crippen LogP contribution in [-0.4, -0.2) is 57.6 Å². The molecule has 0 aliphatic carbocycles. The number of hydrogen-bond acceptors (Lipinski definition) is 5. The first-order valence-corrected chi connectivity index (χ1v) is 13.6. The van der Waals surface area contributed by atoms with Crippen LogP contribution >= 0.6 is 0 Å². The van der Waals surface area contributed by atoms with E-state index >= 15 is 0 Å². The number of aryl methyl sites for hydroxylation is 1. The molecule has 192 valence electrons. The van der Waals surface area contributed by atoms with E-state index in [-0.39, 0.29) is 24.1 Å².